The molecule has 2 heterocycles. The second-order valence-corrected chi connectivity index (χ2v) is 7.72. The molecule has 0 bridgehead atoms. The molecule has 33 heavy (non-hydrogen) atoms. The maximum Gasteiger partial charge on any atom is 0.326 e. The maximum absolute atomic E-state index is 13.3. The summed E-state index contributed by atoms with van der Waals surface area (Å²) in [6.45, 7) is 2.81. The van der Waals surface area contributed by atoms with Crippen molar-refractivity contribution in [1.29, 1.82) is 0 Å². The molecule has 0 saturated heterocycles. The number of hydrogen-bond donors (Lipinski definition) is 2. The Morgan fingerprint density at radius 2 is 1.79 bits per heavy atom. The van der Waals surface area contributed by atoms with Crippen LogP contribution < -0.4 is 10.1 Å². The molecule has 0 aliphatic rings. The summed E-state index contributed by atoms with van der Waals surface area (Å²) in [6, 6.07) is 10.0. The Balaban J connectivity index is 2.13. The standard InChI is InChI=1S/C23H27N7O3/c1-16-20(27-25-17-9-10-19(31)18(15-17)26-24-2)22(32)30(14-8-11-28(3)4)23(33)21(16)29-12-6-5-7-13-29/h5-7,9-10,12-13,15H,8,11,14H2,1-4H3,(H-,24,25,26,27,31,32,33)/p+1. The van der Waals surface area contributed by atoms with Gasteiger partial charge in [-0.3, -0.25) is 9.36 Å². The number of benzene rings is 1. The van der Waals surface area contributed by atoms with Crippen LogP contribution >= 0.6 is 0 Å². The molecule has 2 N–H and O–H groups in total. The Bertz CT molecular complexity index is 1240. The number of azo groups is 2. The van der Waals surface area contributed by atoms with Crippen LogP contribution in [-0.2, 0) is 6.54 Å². The molecule has 3 rings (SSSR count). The van der Waals surface area contributed by atoms with Crippen LogP contribution in [0.3, 0.4) is 0 Å². The molecular weight excluding hydrogens is 422 g/mol. The number of phenols is 1. The molecule has 3 aromatic rings. The van der Waals surface area contributed by atoms with Gasteiger partial charge in [-0.25, -0.2) is 0 Å². The van der Waals surface area contributed by atoms with Crippen molar-refractivity contribution in [3.8, 4) is 17.3 Å². The molecule has 0 aliphatic carbocycles. The smallest absolute Gasteiger partial charge is 0.326 e. The van der Waals surface area contributed by atoms with E-state index in [1.165, 1.54) is 23.7 Å². The second kappa shape index (κ2) is 10.6. The molecule has 0 atom stereocenters. The van der Waals surface area contributed by atoms with Crippen molar-refractivity contribution in [2.45, 2.75) is 19.9 Å². The summed E-state index contributed by atoms with van der Waals surface area (Å²) in [6.07, 6.45) is 4.21. The average Bonchev–Trinajstić information content (AvgIpc) is 2.79. The van der Waals surface area contributed by atoms with E-state index < -0.39 is 0 Å². The highest BCUT2D eigenvalue weighted by atomic mass is 16.3. The molecule has 0 aliphatic heterocycles. The van der Waals surface area contributed by atoms with E-state index in [4.69, 9.17) is 0 Å². The van der Waals surface area contributed by atoms with Crippen LogP contribution in [0.1, 0.15) is 12.0 Å². The molecule has 0 radical (unpaired) electrons. The number of aromatic hydroxyl groups is 2. The first-order valence-corrected chi connectivity index (χ1v) is 10.5. The molecule has 10 nitrogen and oxygen atoms in total. The predicted molar refractivity (Wildman–Crippen MR) is 125 cm³/mol. The van der Waals surface area contributed by atoms with Gasteiger partial charge >= 0.3 is 5.56 Å². The van der Waals surface area contributed by atoms with E-state index in [0.717, 1.165) is 6.54 Å². The van der Waals surface area contributed by atoms with Crippen molar-refractivity contribution in [2.75, 3.05) is 27.7 Å². The van der Waals surface area contributed by atoms with Gasteiger partial charge in [0.15, 0.2) is 18.1 Å². The third kappa shape index (κ3) is 5.47. The van der Waals surface area contributed by atoms with Crippen LogP contribution in [0.4, 0.5) is 17.1 Å². The fourth-order valence-electron chi connectivity index (χ4n) is 3.39. The molecule has 0 saturated carbocycles. The third-order valence-corrected chi connectivity index (χ3v) is 5.02. The number of phenolic OH excluding ortho intramolecular Hbond substituents is 1. The van der Waals surface area contributed by atoms with Crippen LogP contribution in [-0.4, -0.2) is 47.4 Å². The molecule has 1 aromatic carbocycles. The van der Waals surface area contributed by atoms with E-state index in [1.54, 1.807) is 30.0 Å². The van der Waals surface area contributed by atoms with Crippen molar-refractivity contribution < 1.29 is 14.8 Å². The van der Waals surface area contributed by atoms with Crippen LogP contribution in [0.5, 0.6) is 11.6 Å². The van der Waals surface area contributed by atoms with Gasteiger partial charge in [0.2, 0.25) is 5.88 Å². The lowest BCUT2D eigenvalue weighted by atomic mass is 10.2. The van der Waals surface area contributed by atoms with Gasteiger partial charge in [-0.15, -0.1) is 5.11 Å². The number of aromatic nitrogens is 2. The summed E-state index contributed by atoms with van der Waals surface area (Å²) in [5.74, 6) is -0.275. The molecule has 2 aromatic heterocycles. The topological polar surface area (TPSA) is 119 Å². The predicted octanol–water partition coefficient (Wildman–Crippen LogP) is 3.93. The van der Waals surface area contributed by atoms with Gasteiger partial charge in [0.25, 0.3) is 5.69 Å². The lowest BCUT2D eigenvalue weighted by Crippen LogP contribution is -2.40. The van der Waals surface area contributed by atoms with E-state index in [0.29, 0.717) is 29.9 Å². The van der Waals surface area contributed by atoms with E-state index in [-0.39, 0.29) is 28.6 Å². The van der Waals surface area contributed by atoms with Gasteiger partial charge < -0.3 is 15.1 Å². The second-order valence-electron chi connectivity index (χ2n) is 7.72. The monoisotopic (exact) mass is 450 g/mol. The van der Waals surface area contributed by atoms with E-state index in [2.05, 4.69) is 20.5 Å². The normalized spacial score (nSPS) is 11.8. The summed E-state index contributed by atoms with van der Waals surface area (Å²) in [4.78, 5) is 15.3. The average molecular weight is 451 g/mol. The number of nitrogens with zero attached hydrogens (tertiary/aromatic N) is 7. The Morgan fingerprint density at radius 3 is 2.45 bits per heavy atom. The zero-order valence-electron chi connectivity index (χ0n) is 19.2. The third-order valence-electron chi connectivity index (χ3n) is 5.02. The lowest BCUT2D eigenvalue weighted by Gasteiger charge is -2.14. The number of rotatable bonds is 8. The zero-order valence-corrected chi connectivity index (χ0v) is 19.2. The Hall–Kier alpha value is -3.92. The fraction of sp³-hybridized carbons (Fsp3) is 0.304. The van der Waals surface area contributed by atoms with E-state index >= 15 is 0 Å². The van der Waals surface area contributed by atoms with Crippen molar-refractivity contribution in [3.63, 3.8) is 0 Å². The molecule has 0 fully saturated rings. The molecule has 10 heteroatoms. The summed E-state index contributed by atoms with van der Waals surface area (Å²) < 4.78 is 3.03. The van der Waals surface area contributed by atoms with Crippen LogP contribution in [0.25, 0.3) is 5.69 Å². The summed E-state index contributed by atoms with van der Waals surface area (Å²) in [5, 5.41) is 36.9. The van der Waals surface area contributed by atoms with Gasteiger partial charge in [-0.1, -0.05) is 6.07 Å². The van der Waals surface area contributed by atoms with Crippen LogP contribution in [0, 0.1) is 6.92 Å². The highest BCUT2D eigenvalue weighted by Crippen LogP contribution is 2.35. The van der Waals surface area contributed by atoms with Crippen molar-refractivity contribution >= 4 is 17.1 Å². The van der Waals surface area contributed by atoms with Crippen molar-refractivity contribution in [2.24, 2.45) is 20.5 Å². The van der Waals surface area contributed by atoms with Gasteiger partial charge in [-0.2, -0.15) is 19.9 Å². The van der Waals surface area contributed by atoms with Crippen molar-refractivity contribution in [1.82, 2.24) is 9.47 Å². The highest BCUT2D eigenvalue weighted by Gasteiger charge is 2.25. The van der Waals surface area contributed by atoms with Gasteiger partial charge in [0, 0.05) is 25.7 Å². The summed E-state index contributed by atoms with van der Waals surface area (Å²) in [5.41, 5.74) is 1.43. The first-order chi connectivity index (χ1) is 15.8. The quantitative estimate of drug-likeness (QED) is 0.399. The van der Waals surface area contributed by atoms with E-state index in [1.807, 2.05) is 37.2 Å². The number of pyridine rings is 2. The summed E-state index contributed by atoms with van der Waals surface area (Å²) in [7, 11) is 5.40. The first-order valence-electron chi connectivity index (χ1n) is 10.5. The SMILES string of the molecule is CN=Nc1cc(N=Nc2c(C)c(-[n+]3ccccc3)c(=O)n(CCCN(C)C)c2O)ccc1O. The molecule has 0 unspecified atom stereocenters. The Labute approximate surface area is 191 Å². The molecule has 172 valence electrons. The Morgan fingerprint density at radius 1 is 1.06 bits per heavy atom. The molecular formula is C23H28N7O3+. The maximum atomic E-state index is 13.3. The minimum Gasteiger partial charge on any atom is -0.506 e. The molecule has 0 spiro atoms. The van der Waals surface area contributed by atoms with E-state index in [9.17, 15) is 15.0 Å². The Kier molecular flexibility index (Phi) is 7.62. The fourth-order valence-corrected chi connectivity index (χ4v) is 3.39. The largest absolute Gasteiger partial charge is 0.506 e. The van der Waals surface area contributed by atoms with Gasteiger partial charge in [0.1, 0.15) is 11.4 Å². The molecule has 0 amide bonds. The number of hydrogen-bond acceptors (Lipinski definition) is 8. The van der Waals surface area contributed by atoms with Crippen molar-refractivity contribution in [3.05, 3.63) is 64.7 Å². The first kappa shape index (κ1) is 23.7. The van der Waals surface area contributed by atoms with Crippen LogP contribution in [0.15, 0.2) is 74.0 Å². The minimum atomic E-state index is -0.311. The zero-order chi connectivity index (χ0) is 24.0. The van der Waals surface area contributed by atoms with Crippen LogP contribution in [0.2, 0.25) is 0 Å². The van der Waals surface area contributed by atoms with Gasteiger partial charge in [-0.05, 0) is 52.2 Å². The highest BCUT2D eigenvalue weighted by molar-refractivity contribution is 5.61. The minimum absolute atomic E-state index is 0.0317. The lowest BCUT2D eigenvalue weighted by molar-refractivity contribution is -0.597. The van der Waals surface area contributed by atoms with Gasteiger partial charge in [0.05, 0.1) is 11.3 Å². The summed E-state index contributed by atoms with van der Waals surface area (Å²) >= 11 is 0.